The molecule has 4 aliphatic carbocycles. The molecular weight excluding hydrogens is 517 g/mol. The van der Waals surface area contributed by atoms with Crippen molar-refractivity contribution in [1.29, 1.82) is 0 Å². The van der Waals surface area contributed by atoms with Gasteiger partial charge in [0.1, 0.15) is 28.6 Å². The van der Waals surface area contributed by atoms with Crippen LogP contribution in [0, 0.1) is 22.7 Å². The van der Waals surface area contributed by atoms with Gasteiger partial charge >= 0.3 is 13.6 Å². The molecule has 12 atom stereocenters. The summed E-state index contributed by atoms with van der Waals surface area (Å²) >= 11 is 0. The standard InChI is InChI=1S/C26H36NO10P/c1-13(2)23(31)18(34-17(28)15-8-7-11-27-15)24(32)19(4)12-22(30)20(23,5)26(24)25(36-22)16(35-38(6,33)37-26)14(3)9-10-21(19,25)29/h7-8,11,13-14,16,18,27,29-32H,9-10,12H2,1-6H3/t14-,16+,18+,19-,20-,21-,22-,23+,24+,25+,26+,38?/m0/s1. The van der Waals surface area contributed by atoms with Gasteiger partial charge in [-0.1, -0.05) is 27.7 Å². The Labute approximate surface area is 220 Å². The summed E-state index contributed by atoms with van der Waals surface area (Å²) in [7, 11) is -3.97. The van der Waals surface area contributed by atoms with Gasteiger partial charge in [-0.2, -0.15) is 0 Å². The van der Waals surface area contributed by atoms with Gasteiger partial charge in [0.2, 0.25) is 0 Å². The van der Waals surface area contributed by atoms with E-state index in [4.69, 9.17) is 18.5 Å². The average molecular weight is 554 g/mol. The van der Waals surface area contributed by atoms with Crippen LogP contribution in [0.1, 0.15) is 64.4 Å². The predicted molar refractivity (Wildman–Crippen MR) is 130 cm³/mol. The largest absolute Gasteiger partial charge is 0.451 e. The second-order valence-electron chi connectivity index (χ2n) is 13.3. The van der Waals surface area contributed by atoms with E-state index in [0.29, 0.717) is 6.42 Å². The first-order valence-electron chi connectivity index (χ1n) is 13.3. The lowest BCUT2D eigenvalue weighted by molar-refractivity contribution is -0.388. The van der Waals surface area contributed by atoms with E-state index in [0.717, 1.165) is 0 Å². The van der Waals surface area contributed by atoms with Gasteiger partial charge in [0.25, 0.3) is 0 Å². The minimum atomic E-state index is -3.97. The summed E-state index contributed by atoms with van der Waals surface area (Å²) in [5.74, 6) is -4.02. The first kappa shape index (κ1) is 25.7. The molecule has 1 unspecified atom stereocenters. The monoisotopic (exact) mass is 553 g/mol. The van der Waals surface area contributed by atoms with Crippen LogP contribution in [0.2, 0.25) is 0 Å². The first-order valence-corrected chi connectivity index (χ1v) is 15.3. The van der Waals surface area contributed by atoms with Crippen LogP contribution in [0.4, 0.5) is 0 Å². The molecule has 0 amide bonds. The lowest BCUT2D eigenvalue weighted by atomic mass is 9.52. The number of aromatic nitrogens is 1. The quantitative estimate of drug-likeness (QED) is 0.274. The number of esters is 1. The number of aromatic amines is 1. The van der Waals surface area contributed by atoms with Crippen LogP contribution in [0.5, 0.6) is 0 Å². The van der Waals surface area contributed by atoms with Gasteiger partial charge < -0.3 is 39.4 Å². The summed E-state index contributed by atoms with van der Waals surface area (Å²) in [4.78, 5) is 16.2. The van der Waals surface area contributed by atoms with Crippen LogP contribution < -0.4 is 0 Å². The second kappa shape index (κ2) is 6.44. The second-order valence-corrected chi connectivity index (χ2v) is 15.3. The molecule has 0 aromatic carbocycles. The van der Waals surface area contributed by atoms with Crippen LogP contribution in [0.15, 0.2) is 18.3 Å². The molecule has 1 aromatic rings. The van der Waals surface area contributed by atoms with Gasteiger partial charge in [0, 0.05) is 24.7 Å². The van der Waals surface area contributed by atoms with Crippen molar-refractivity contribution in [2.24, 2.45) is 22.7 Å². The maximum absolute atomic E-state index is 13.9. The Kier molecular flexibility index (Phi) is 4.35. The van der Waals surface area contributed by atoms with Crippen LogP contribution in [-0.2, 0) is 23.1 Å². The molecule has 8 rings (SSSR count). The molecule has 7 fully saturated rings. The molecule has 12 heteroatoms. The van der Waals surface area contributed by atoms with E-state index in [-0.39, 0.29) is 24.5 Å². The Balaban J connectivity index is 1.61. The molecule has 0 radical (unpaired) electrons. The smallest absolute Gasteiger partial charge is 0.355 e. The van der Waals surface area contributed by atoms with E-state index >= 15 is 0 Å². The number of rotatable bonds is 3. The van der Waals surface area contributed by atoms with E-state index in [1.807, 2.05) is 6.92 Å². The molecule has 3 aliphatic heterocycles. The third-order valence-electron chi connectivity index (χ3n) is 11.8. The van der Waals surface area contributed by atoms with Crippen molar-refractivity contribution < 1.29 is 48.3 Å². The van der Waals surface area contributed by atoms with Gasteiger partial charge in [-0.25, -0.2) is 4.79 Å². The summed E-state index contributed by atoms with van der Waals surface area (Å²) in [5.41, 5.74) is -13.9. The van der Waals surface area contributed by atoms with E-state index in [1.54, 1.807) is 33.0 Å². The zero-order chi connectivity index (χ0) is 27.7. The topological polar surface area (TPSA) is 168 Å². The van der Waals surface area contributed by atoms with E-state index < -0.39 is 76.3 Å². The van der Waals surface area contributed by atoms with Crippen molar-refractivity contribution in [3.8, 4) is 0 Å². The summed E-state index contributed by atoms with van der Waals surface area (Å²) < 4.78 is 39.0. The number of carbonyl (C=O) groups excluding carboxylic acids is 1. The third-order valence-corrected chi connectivity index (χ3v) is 13.0. The molecule has 3 saturated heterocycles. The number of hydrogen-bond donors (Lipinski definition) is 5. The molecule has 38 heavy (non-hydrogen) atoms. The van der Waals surface area contributed by atoms with Crippen molar-refractivity contribution in [1.82, 2.24) is 4.98 Å². The molecule has 2 spiro atoms. The Morgan fingerprint density at radius 3 is 2.53 bits per heavy atom. The SMILES string of the molecule is CC(C)[C@@]1(O)[C@@H](OC(=O)c2ccc[nH]2)[C@@]2(O)[C@@]3(C)C[C@]4(O)O[C@@]56[C@H](OP(C)(=O)O[C@]25[C@]14C)[C@@H](C)CC[C@]36O. The zero-order valence-electron chi connectivity index (χ0n) is 22.3. The molecule has 7 aliphatic rings. The maximum atomic E-state index is 13.9. The number of ether oxygens (including phenoxy) is 2. The highest BCUT2D eigenvalue weighted by Crippen LogP contribution is 2.94. The van der Waals surface area contributed by atoms with Gasteiger partial charge in [0.05, 0.1) is 5.41 Å². The highest BCUT2D eigenvalue weighted by atomic mass is 31.2. The summed E-state index contributed by atoms with van der Waals surface area (Å²) in [6, 6.07) is 3.11. The van der Waals surface area contributed by atoms with Gasteiger partial charge in [-0.3, -0.25) is 9.09 Å². The van der Waals surface area contributed by atoms with Crippen molar-refractivity contribution in [3.63, 3.8) is 0 Å². The minimum absolute atomic E-state index is 0.0938. The fourth-order valence-electron chi connectivity index (χ4n) is 10.4. The Hall–Kier alpha value is -1.30. The Bertz CT molecular complexity index is 1320. The summed E-state index contributed by atoms with van der Waals surface area (Å²) in [6.45, 7) is 9.67. The van der Waals surface area contributed by atoms with Gasteiger partial charge in [-0.15, -0.1) is 0 Å². The number of H-pyrrole nitrogens is 1. The minimum Gasteiger partial charge on any atom is -0.451 e. The molecule has 4 saturated carbocycles. The highest BCUT2D eigenvalue weighted by molar-refractivity contribution is 7.53. The molecule has 11 nitrogen and oxygen atoms in total. The number of nitrogens with one attached hydrogen (secondary N) is 1. The molecule has 210 valence electrons. The van der Waals surface area contributed by atoms with Crippen molar-refractivity contribution >= 4 is 13.6 Å². The average Bonchev–Trinajstić information content (AvgIpc) is 3.44. The van der Waals surface area contributed by atoms with Crippen molar-refractivity contribution in [2.45, 2.75) is 99.9 Å². The molecule has 6 bridgehead atoms. The molecular formula is C26H36NO10P. The number of aliphatic hydroxyl groups is 4. The predicted octanol–water partition coefficient (Wildman–Crippen LogP) is 1.70. The van der Waals surface area contributed by atoms with E-state index in [9.17, 15) is 29.8 Å². The van der Waals surface area contributed by atoms with Crippen LogP contribution in [0.25, 0.3) is 0 Å². The molecule has 5 N–H and O–H groups in total. The third kappa shape index (κ3) is 1.94. The van der Waals surface area contributed by atoms with Crippen molar-refractivity contribution in [3.05, 3.63) is 24.0 Å². The Morgan fingerprint density at radius 2 is 1.92 bits per heavy atom. The first-order chi connectivity index (χ1) is 17.4. The molecule has 4 heterocycles. The van der Waals surface area contributed by atoms with Crippen molar-refractivity contribution in [2.75, 3.05) is 6.66 Å². The number of hydrogen-bond acceptors (Lipinski definition) is 10. The number of carbonyl (C=O) groups is 1. The summed E-state index contributed by atoms with van der Waals surface area (Å²) in [6.07, 6.45) is -0.848. The van der Waals surface area contributed by atoms with Gasteiger partial charge in [-0.05, 0) is 43.7 Å². The van der Waals surface area contributed by atoms with Gasteiger partial charge in [0.15, 0.2) is 23.1 Å². The molecule has 1 aromatic heterocycles. The normalized spacial score (nSPS) is 61.4. The lowest BCUT2D eigenvalue weighted by Crippen LogP contribution is -2.77. The zero-order valence-corrected chi connectivity index (χ0v) is 23.2. The van der Waals surface area contributed by atoms with E-state index in [1.165, 1.54) is 19.7 Å². The van der Waals surface area contributed by atoms with Crippen LogP contribution >= 0.6 is 7.60 Å². The van der Waals surface area contributed by atoms with E-state index in [2.05, 4.69) is 4.98 Å². The Morgan fingerprint density at radius 1 is 1.24 bits per heavy atom. The highest BCUT2D eigenvalue weighted by Gasteiger charge is 3.12. The lowest BCUT2D eigenvalue weighted by Gasteiger charge is -2.61. The summed E-state index contributed by atoms with van der Waals surface area (Å²) in [5, 5.41) is 51.2. The maximum Gasteiger partial charge on any atom is 0.355 e. The van der Waals surface area contributed by atoms with Crippen LogP contribution in [-0.4, -0.2) is 84.0 Å². The van der Waals surface area contributed by atoms with Crippen LogP contribution in [0.3, 0.4) is 0 Å². The fraction of sp³-hybridized carbons (Fsp3) is 0.808. The fourth-order valence-corrected chi connectivity index (χ4v) is 12.1.